The molecule has 2 heteroatoms. The van der Waals surface area contributed by atoms with E-state index in [1.807, 2.05) is 17.6 Å². The third-order valence-electron chi connectivity index (χ3n) is 1.25. The number of aliphatic hydroxyl groups is 1. The molecule has 0 aromatic heterocycles. The summed E-state index contributed by atoms with van der Waals surface area (Å²) in [6.45, 7) is 0. The highest BCUT2D eigenvalue weighted by Crippen LogP contribution is 2.15. The van der Waals surface area contributed by atoms with Crippen LogP contribution in [0.15, 0.2) is 23.1 Å². The topological polar surface area (TPSA) is 20.2 Å². The minimum Gasteiger partial charge on any atom is -0.376 e. The van der Waals surface area contributed by atoms with E-state index in [1.54, 1.807) is 11.8 Å². The zero-order valence-corrected chi connectivity index (χ0v) is 6.27. The van der Waals surface area contributed by atoms with Crippen LogP contribution in [-0.2, 0) is 0 Å². The maximum absolute atomic E-state index is 9.12. The van der Waals surface area contributed by atoms with E-state index in [0.717, 1.165) is 11.3 Å². The first-order chi connectivity index (χ1) is 4.84. The molecule has 1 heterocycles. The number of terminal acetylenes is 1. The highest BCUT2D eigenvalue weighted by atomic mass is 32.2. The van der Waals surface area contributed by atoms with Crippen LogP contribution in [0, 0.1) is 12.3 Å². The van der Waals surface area contributed by atoms with E-state index < -0.39 is 6.10 Å². The van der Waals surface area contributed by atoms with Crippen molar-refractivity contribution in [2.24, 2.45) is 0 Å². The van der Waals surface area contributed by atoms with Crippen molar-refractivity contribution in [1.82, 2.24) is 0 Å². The Morgan fingerprint density at radius 3 is 3.10 bits per heavy atom. The average molecular weight is 152 g/mol. The molecule has 0 aromatic rings. The van der Waals surface area contributed by atoms with Gasteiger partial charge in [0.15, 0.2) is 0 Å². The van der Waals surface area contributed by atoms with E-state index in [2.05, 4.69) is 5.92 Å². The van der Waals surface area contributed by atoms with Crippen molar-refractivity contribution >= 4 is 11.8 Å². The number of rotatable bonds is 1. The third-order valence-corrected chi connectivity index (χ3v) is 1.93. The summed E-state index contributed by atoms with van der Waals surface area (Å²) in [5.41, 5.74) is 0.834. The normalized spacial score (nSPS) is 19.4. The predicted octanol–water partition coefficient (Wildman–Crippen LogP) is 1.17. The maximum atomic E-state index is 9.12. The van der Waals surface area contributed by atoms with E-state index in [9.17, 15) is 0 Å². The van der Waals surface area contributed by atoms with Crippen LogP contribution in [0.5, 0.6) is 0 Å². The molecule has 1 nitrogen and oxygen atoms in total. The zero-order valence-electron chi connectivity index (χ0n) is 5.45. The summed E-state index contributed by atoms with van der Waals surface area (Å²) in [6, 6.07) is 0. The standard InChI is InChI=1S/C8H8OS/c1-2-8(9)7-3-5-10-6-4-7/h1,3-5,8-9H,6H2. The second kappa shape index (κ2) is 3.50. The summed E-state index contributed by atoms with van der Waals surface area (Å²) in [6.07, 6.45) is 8.08. The lowest BCUT2D eigenvalue weighted by atomic mass is 10.1. The van der Waals surface area contributed by atoms with Gasteiger partial charge in [0.2, 0.25) is 0 Å². The fourth-order valence-corrected chi connectivity index (χ4v) is 1.35. The van der Waals surface area contributed by atoms with Crippen molar-refractivity contribution in [1.29, 1.82) is 0 Å². The Kier molecular flexibility index (Phi) is 2.61. The van der Waals surface area contributed by atoms with Gasteiger partial charge < -0.3 is 5.11 Å². The lowest BCUT2D eigenvalue weighted by molar-refractivity contribution is 0.272. The van der Waals surface area contributed by atoms with Gasteiger partial charge >= 0.3 is 0 Å². The van der Waals surface area contributed by atoms with Gasteiger partial charge in [0.1, 0.15) is 6.10 Å². The first kappa shape index (κ1) is 7.46. The summed E-state index contributed by atoms with van der Waals surface area (Å²) < 4.78 is 0. The average Bonchev–Trinajstić information content (AvgIpc) is 2.05. The minimum atomic E-state index is -0.725. The van der Waals surface area contributed by atoms with Crippen molar-refractivity contribution < 1.29 is 5.11 Å². The molecule has 0 saturated heterocycles. The van der Waals surface area contributed by atoms with Gasteiger partial charge in [0.05, 0.1) is 0 Å². The van der Waals surface area contributed by atoms with E-state index in [-0.39, 0.29) is 0 Å². The Balaban J connectivity index is 2.65. The molecule has 52 valence electrons. The summed E-state index contributed by atoms with van der Waals surface area (Å²) in [5, 5.41) is 11.1. The number of thioether (sulfide) groups is 1. The highest BCUT2D eigenvalue weighted by molar-refractivity contribution is 8.02. The molecule has 0 aliphatic carbocycles. The Hall–Kier alpha value is -0.650. The predicted molar refractivity (Wildman–Crippen MR) is 44.5 cm³/mol. The Labute approximate surface area is 64.8 Å². The van der Waals surface area contributed by atoms with Crippen LogP contribution in [0.4, 0.5) is 0 Å². The molecule has 1 unspecified atom stereocenters. The summed E-state index contributed by atoms with van der Waals surface area (Å²) >= 11 is 1.69. The van der Waals surface area contributed by atoms with Crippen LogP contribution >= 0.6 is 11.8 Å². The molecule has 1 aliphatic heterocycles. The maximum Gasteiger partial charge on any atom is 0.139 e. The van der Waals surface area contributed by atoms with Crippen LogP contribution in [0.2, 0.25) is 0 Å². The molecule has 0 spiro atoms. The number of hydrogen-bond donors (Lipinski definition) is 1. The van der Waals surface area contributed by atoms with Crippen LogP contribution in [0.1, 0.15) is 0 Å². The molecular weight excluding hydrogens is 144 g/mol. The van der Waals surface area contributed by atoms with Gasteiger partial charge in [0, 0.05) is 5.75 Å². The fraction of sp³-hybridized carbons (Fsp3) is 0.250. The summed E-state index contributed by atoms with van der Waals surface area (Å²) in [5.74, 6) is 3.17. The second-order valence-corrected chi connectivity index (χ2v) is 2.85. The van der Waals surface area contributed by atoms with Gasteiger partial charge in [-0.25, -0.2) is 0 Å². The smallest absolute Gasteiger partial charge is 0.139 e. The van der Waals surface area contributed by atoms with Crippen molar-refractivity contribution in [2.75, 3.05) is 5.75 Å². The van der Waals surface area contributed by atoms with Crippen molar-refractivity contribution in [2.45, 2.75) is 6.10 Å². The van der Waals surface area contributed by atoms with E-state index >= 15 is 0 Å². The fourth-order valence-electron chi connectivity index (χ4n) is 0.694. The molecule has 0 saturated carbocycles. The lowest BCUT2D eigenvalue weighted by Gasteiger charge is -2.07. The van der Waals surface area contributed by atoms with E-state index in [4.69, 9.17) is 11.5 Å². The molecule has 0 radical (unpaired) electrons. The van der Waals surface area contributed by atoms with Crippen LogP contribution < -0.4 is 0 Å². The number of hydrogen-bond acceptors (Lipinski definition) is 2. The lowest BCUT2D eigenvalue weighted by Crippen LogP contribution is -2.06. The molecule has 0 aromatic carbocycles. The largest absolute Gasteiger partial charge is 0.376 e. The Morgan fingerprint density at radius 1 is 1.80 bits per heavy atom. The molecular formula is C8H8OS. The van der Waals surface area contributed by atoms with Gasteiger partial charge in [-0.2, -0.15) is 0 Å². The van der Waals surface area contributed by atoms with Crippen molar-refractivity contribution in [3.8, 4) is 12.3 Å². The SMILES string of the molecule is C#CC(O)C1=CCSC=C1. The van der Waals surface area contributed by atoms with Crippen molar-refractivity contribution in [3.63, 3.8) is 0 Å². The minimum absolute atomic E-state index is 0.725. The molecule has 1 rings (SSSR count). The monoisotopic (exact) mass is 152 g/mol. The molecule has 1 aliphatic rings. The molecule has 0 bridgehead atoms. The second-order valence-electron chi connectivity index (χ2n) is 1.91. The number of aliphatic hydroxyl groups excluding tert-OH is 1. The molecule has 0 amide bonds. The first-order valence-corrected chi connectivity index (χ1v) is 4.02. The molecule has 1 atom stereocenters. The van der Waals surface area contributed by atoms with Crippen molar-refractivity contribution in [3.05, 3.63) is 23.1 Å². The van der Waals surface area contributed by atoms with Gasteiger partial charge in [-0.05, 0) is 17.1 Å². The zero-order chi connectivity index (χ0) is 7.40. The third kappa shape index (κ3) is 1.66. The van der Waals surface area contributed by atoms with Crippen LogP contribution in [0.3, 0.4) is 0 Å². The van der Waals surface area contributed by atoms with Gasteiger partial charge in [-0.1, -0.05) is 12.0 Å². The Morgan fingerprint density at radius 2 is 2.60 bits per heavy atom. The first-order valence-electron chi connectivity index (χ1n) is 2.97. The van der Waals surface area contributed by atoms with E-state index in [1.165, 1.54) is 0 Å². The van der Waals surface area contributed by atoms with Crippen LogP contribution in [0.25, 0.3) is 0 Å². The highest BCUT2D eigenvalue weighted by Gasteiger charge is 2.04. The van der Waals surface area contributed by atoms with E-state index in [0.29, 0.717) is 0 Å². The quantitative estimate of drug-likeness (QED) is 0.569. The Bertz CT molecular complexity index is 210. The molecule has 1 N–H and O–H groups in total. The molecule has 10 heavy (non-hydrogen) atoms. The van der Waals surface area contributed by atoms with Gasteiger partial charge in [0.25, 0.3) is 0 Å². The van der Waals surface area contributed by atoms with Gasteiger partial charge in [-0.15, -0.1) is 18.2 Å². The van der Waals surface area contributed by atoms with Gasteiger partial charge in [-0.3, -0.25) is 0 Å². The summed E-state index contributed by atoms with van der Waals surface area (Å²) in [7, 11) is 0. The molecule has 0 fully saturated rings. The van der Waals surface area contributed by atoms with Crippen LogP contribution in [-0.4, -0.2) is 17.0 Å². The summed E-state index contributed by atoms with van der Waals surface area (Å²) in [4.78, 5) is 0.